The molecule has 1 atom stereocenters. The minimum absolute atomic E-state index is 0.105. The molecule has 0 aliphatic carbocycles. The van der Waals surface area contributed by atoms with Crippen LogP contribution in [-0.4, -0.2) is 28.7 Å². The molecule has 1 aliphatic rings. The summed E-state index contributed by atoms with van der Waals surface area (Å²) >= 11 is 0. The summed E-state index contributed by atoms with van der Waals surface area (Å²) < 4.78 is 5.03. The van der Waals surface area contributed by atoms with Crippen molar-refractivity contribution in [3.8, 4) is 0 Å². The molecule has 1 fully saturated rings. The predicted molar refractivity (Wildman–Crippen MR) is 48.7 cm³/mol. The van der Waals surface area contributed by atoms with Crippen molar-refractivity contribution in [2.24, 2.45) is 0 Å². The average molecular weight is 196 g/mol. The number of nitrogens with one attached hydrogen (secondary N) is 2. The first kappa shape index (κ1) is 9.14. The molecule has 0 radical (unpaired) electrons. The van der Waals surface area contributed by atoms with Crippen LogP contribution in [-0.2, 0) is 4.79 Å². The van der Waals surface area contributed by atoms with Gasteiger partial charge in [0.1, 0.15) is 0 Å². The van der Waals surface area contributed by atoms with Gasteiger partial charge >= 0.3 is 6.01 Å². The predicted octanol–water partition coefficient (Wildman–Crippen LogP) is 0.0685. The van der Waals surface area contributed by atoms with Crippen molar-refractivity contribution >= 4 is 11.9 Å². The fraction of sp³-hybridized carbons (Fsp3) is 0.625. The highest BCUT2D eigenvalue weighted by Crippen LogP contribution is 2.09. The molecular weight excluding hydrogens is 184 g/mol. The fourth-order valence-corrected chi connectivity index (χ4v) is 1.45. The summed E-state index contributed by atoms with van der Waals surface area (Å²) in [6.07, 6.45) is 1.89. The van der Waals surface area contributed by atoms with Gasteiger partial charge in [-0.25, -0.2) is 0 Å². The van der Waals surface area contributed by atoms with Crippen LogP contribution >= 0.6 is 0 Å². The minimum Gasteiger partial charge on any atom is -0.408 e. The Kier molecular flexibility index (Phi) is 2.45. The standard InChI is InChI=1S/C8H12N4O2/c1-5-11-12-8(14-5)10-7(13)6-3-2-4-9-6/h6,9H,2-4H2,1H3,(H,10,12,13)/t6-/m0/s1. The summed E-state index contributed by atoms with van der Waals surface area (Å²) in [4.78, 5) is 11.5. The molecule has 0 bridgehead atoms. The molecule has 14 heavy (non-hydrogen) atoms. The van der Waals surface area contributed by atoms with Crippen LogP contribution in [0.3, 0.4) is 0 Å². The van der Waals surface area contributed by atoms with Gasteiger partial charge in [-0.1, -0.05) is 5.10 Å². The summed E-state index contributed by atoms with van der Waals surface area (Å²) in [5.41, 5.74) is 0. The molecular formula is C8H12N4O2. The van der Waals surface area contributed by atoms with E-state index in [-0.39, 0.29) is 18.0 Å². The van der Waals surface area contributed by atoms with Crippen LogP contribution in [0, 0.1) is 6.92 Å². The van der Waals surface area contributed by atoms with Crippen molar-refractivity contribution in [1.29, 1.82) is 0 Å². The molecule has 0 spiro atoms. The second kappa shape index (κ2) is 3.75. The topological polar surface area (TPSA) is 80.0 Å². The van der Waals surface area contributed by atoms with Crippen molar-refractivity contribution < 1.29 is 9.21 Å². The van der Waals surface area contributed by atoms with Crippen LogP contribution in [0.2, 0.25) is 0 Å². The van der Waals surface area contributed by atoms with Gasteiger partial charge in [-0.05, 0) is 19.4 Å². The number of hydrogen-bond donors (Lipinski definition) is 2. The van der Waals surface area contributed by atoms with E-state index in [1.54, 1.807) is 6.92 Å². The van der Waals surface area contributed by atoms with Crippen molar-refractivity contribution in [2.45, 2.75) is 25.8 Å². The average Bonchev–Trinajstić information content (AvgIpc) is 2.75. The molecule has 76 valence electrons. The van der Waals surface area contributed by atoms with Crippen molar-refractivity contribution in [3.63, 3.8) is 0 Å². The van der Waals surface area contributed by atoms with Crippen LogP contribution in [0.15, 0.2) is 4.42 Å². The lowest BCUT2D eigenvalue weighted by Crippen LogP contribution is -2.35. The van der Waals surface area contributed by atoms with Crippen molar-refractivity contribution in [2.75, 3.05) is 11.9 Å². The molecule has 6 heteroatoms. The van der Waals surface area contributed by atoms with E-state index >= 15 is 0 Å². The maximum atomic E-state index is 11.5. The first-order valence-electron chi connectivity index (χ1n) is 4.60. The lowest BCUT2D eigenvalue weighted by atomic mass is 10.2. The highest BCUT2D eigenvalue weighted by atomic mass is 16.4. The number of nitrogens with zero attached hydrogens (tertiary/aromatic N) is 2. The van der Waals surface area contributed by atoms with Gasteiger partial charge < -0.3 is 9.73 Å². The zero-order valence-electron chi connectivity index (χ0n) is 7.91. The number of aryl methyl sites for hydroxylation is 1. The first-order valence-corrected chi connectivity index (χ1v) is 4.60. The first-order chi connectivity index (χ1) is 6.75. The molecule has 2 heterocycles. The molecule has 1 aromatic heterocycles. The van der Waals surface area contributed by atoms with E-state index in [9.17, 15) is 4.79 Å². The maximum Gasteiger partial charge on any atom is 0.322 e. The van der Waals surface area contributed by atoms with Gasteiger partial charge in [-0.15, -0.1) is 5.10 Å². The van der Waals surface area contributed by atoms with E-state index in [4.69, 9.17) is 4.42 Å². The highest BCUT2D eigenvalue weighted by molar-refractivity contribution is 5.93. The van der Waals surface area contributed by atoms with Crippen LogP contribution < -0.4 is 10.6 Å². The monoisotopic (exact) mass is 196 g/mol. The van der Waals surface area contributed by atoms with E-state index in [1.165, 1.54) is 0 Å². The molecule has 2 N–H and O–H groups in total. The number of carbonyl (C=O) groups excluding carboxylic acids is 1. The van der Waals surface area contributed by atoms with Gasteiger partial charge in [0.15, 0.2) is 0 Å². The van der Waals surface area contributed by atoms with Gasteiger partial charge in [0.05, 0.1) is 6.04 Å². The van der Waals surface area contributed by atoms with E-state index < -0.39 is 0 Å². The Morgan fingerprint density at radius 2 is 2.50 bits per heavy atom. The maximum absolute atomic E-state index is 11.5. The largest absolute Gasteiger partial charge is 0.408 e. The zero-order valence-corrected chi connectivity index (χ0v) is 7.91. The minimum atomic E-state index is -0.123. The number of rotatable bonds is 2. The number of aromatic nitrogens is 2. The Morgan fingerprint density at radius 1 is 1.64 bits per heavy atom. The normalized spacial score (nSPS) is 21.1. The van der Waals surface area contributed by atoms with Gasteiger partial charge in [0.2, 0.25) is 11.8 Å². The smallest absolute Gasteiger partial charge is 0.322 e. The lowest BCUT2D eigenvalue weighted by molar-refractivity contribution is -0.117. The number of hydrogen-bond acceptors (Lipinski definition) is 5. The zero-order chi connectivity index (χ0) is 9.97. The second-order valence-corrected chi connectivity index (χ2v) is 3.26. The molecule has 0 saturated carbocycles. The molecule has 1 amide bonds. The number of carbonyl (C=O) groups is 1. The Labute approximate surface area is 81.1 Å². The SMILES string of the molecule is Cc1nnc(NC(=O)[C@@H]2CCCN2)o1. The Hall–Kier alpha value is -1.43. The Bertz CT molecular complexity index is 330. The third-order valence-electron chi connectivity index (χ3n) is 2.13. The van der Waals surface area contributed by atoms with Gasteiger partial charge in [0.25, 0.3) is 0 Å². The summed E-state index contributed by atoms with van der Waals surface area (Å²) in [5, 5.41) is 12.9. The van der Waals surface area contributed by atoms with Crippen LogP contribution in [0.25, 0.3) is 0 Å². The molecule has 1 aromatic rings. The van der Waals surface area contributed by atoms with E-state index in [0.717, 1.165) is 19.4 Å². The third-order valence-corrected chi connectivity index (χ3v) is 2.13. The Morgan fingerprint density at radius 3 is 3.07 bits per heavy atom. The summed E-state index contributed by atoms with van der Waals surface area (Å²) in [6.45, 7) is 2.57. The van der Waals surface area contributed by atoms with Gasteiger partial charge in [-0.3, -0.25) is 10.1 Å². The van der Waals surface area contributed by atoms with Crippen LogP contribution in [0.4, 0.5) is 6.01 Å². The van der Waals surface area contributed by atoms with Crippen molar-refractivity contribution in [3.05, 3.63) is 5.89 Å². The Balaban J connectivity index is 1.93. The highest BCUT2D eigenvalue weighted by Gasteiger charge is 2.23. The molecule has 0 aromatic carbocycles. The molecule has 1 aliphatic heterocycles. The van der Waals surface area contributed by atoms with Gasteiger partial charge in [0, 0.05) is 6.92 Å². The quantitative estimate of drug-likeness (QED) is 0.699. The summed E-state index contributed by atoms with van der Waals surface area (Å²) in [6, 6.07) is 0.0448. The van der Waals surface area contributed by atoms with Crippen LogP contribution in [0.5, 0.6) is 0 Å². The third kappa shape index (κ3) is 1.90. The lowest BCUT2D eigenvalue weighted by Gasteiger charge is -2.07. The van der Waals surface area contributed by atoms with E-state index in [0.29, 0.717) is 5.89 Å². The number of amides is 1. The molecule has 0 unspecified atom stereocenters. The molecule has 6 nitrogen and oxygen atoms in total. The van der Waals surface area contributed by atoms with Crippen molar-refractivity contribution in [1.82, 2.24) is 15.5 Å². The van der Waals surface area contributed by atoms with E-state index in [1.807, 2.05) is 0 Å². The summed E-state index contributed by atoms with van der Waals surface area (Å²) in [5.74, 6) is 0.339. The molecule has 2 rings (SSSR count). The summed E-state index contributed by atoms with van der Waals surface area (Å²) in [7, 11) is 0. The van der Waals surface area contributed by atoms with E-state index in [2.05, 4.69) is 20.8 Å². The van der Waals surface area contributed by atoms with Crippen LogP contribution in [0.1, 0.15) is 18.7 Å². The number of anilines is 1. The second-order valence-electron chi connectivity index (χ2n) is 3.26. The fourth-order valence-electron chi connectivity index (χ4n) is 1.45. The van der Waals surface area contributed by atoms with Gasteiger partial charge in [-0.2, -0.15) is 0 Å². The molecule has 1 saturated heterocycles.